The second-order valence-corrected chi connectivity index (χ2v) is 9.52. The molecule has 0 aromatic heterocycles. The van der Waals surface area contributed by atoms with Crippen LogP contribution in [0, 0.1) is 6.92 Å². The number of piperazine rings is 1. The van der Waals surface area contributed by atoms with Crippen molar-refractivity contribution in [3.8, 4) is 0 Å². The van der Waals surface area contributed by atoms with Gasteiger partial charge in [-0.25, -0.2) is 8.42 Å². The summed E-state index contributed by atoms with van der Waals surface area (Å²) in [6, 6.07) is 16.8. The number of nitrogens with one attached hydrogen (secondary N) is 2. The molecule has 1 aliphatic heterocycles. The summed E-state index contributed by atoms with van der Waals surface area (Å²) in [6.07, 6.45) is 0.827. The van der Waals surface area contributed by atoms with Crippen LogP contribution >= 0.6 is 0 Å². The van der Waals surface area contributed by atoms with E-state index in [9.17, 15) is 13.2 Å². The summed E-state index contributed by atoms with van der Waals surface area (Å²) in [5, 5.41) is 3.13. The number of carbonyl (C=O) groups is 1. The first-order valence-electron chi connectivity index (χ1n) is 10.1. The van der Waals surface area contributed by atoms with Gasteiger partial charge in [0.1, 0.15) is 0 Å². The molecule has 156 valence electrons. The molecule has 1 heterocycles. The number of aryl methyl sites for hydroxylation is 1. The average Bonchev–Trinajstić information content (AvgIpc) is 2.74. The van der Waals surface area contributed by atoms with Crippen LogP contribution in [-0.2, 0) is 14.8 Å². The number of hydrogen-bond donors (Lipinski definition) is 2. The molecular weight excluding hydrogens is 386 g/mol. The highest BCUT2D eigenvalue weighted by molar-refractivity contribution is 7.89. The van der Waals surface area contributed by atoms with Crippen molar-refractivity contribution in [2.24, 2.45) is 0 Å². The fourth-order valence-electron chi connectivity index (χ4n) is 3.65. The summed E-state index contributed by atoms with van der Waals surface area (Å²) >= 11 is 0. The Labute approximate surface area is 173 Å². The number of carbonyl (C=O) groups excluding carboxylic acids is 1. The van der Waals surface area contributed by atoms with Crippen LogP contribution in [0.1, 0.15) is 30.5 Å². The molecule has 29 heavy (non-hydrogen) atoms. The van der Waals surface area contributed by atoms with Gasteiger partial charge in [0.2, 0.25) is 10.0 Å². The lowest BCUT2D eigenvalue weighted by molar-refractivity contribution is -0.895. The van der Waals surface area contributed by atoms with Gasteiger partial charge in [-0.2, -0.15) is 4.31 Å². The van der Waals surface area contributed by atoms with Crippen molar-refractivity contribution in [2.75, 3.05) is 32.7 Å². The van der Waals surface area contributed by atoms with Gasteiger partial charge in [-0.15, -0.1) is 0 Å². The van der Waals surface area contributed by atoms with Crippen molar-refractivity contribution < 1.29 is 18.1 Å². The molecule has 0 aliphatic carbocycles. The molecular formula is C22H30N3O3S+. The van der Waals surface area contributed by atoms with E-state index in [1.165, 1.54) is 9.87 Å². The van der Waals surface area contributed by atoms with Crippen LogP contribution < -0.4 is 10.2 Å². The maximum absolute atomic E-state index is 12.7. The van der Waals surface area contributed by atoms with Crippen LogP contribution in [-0.4, -0.2) is 51.4 Å². The minimum Gasteiger partial charge on any atom is -0.344 e. The minimum absolute atomic E-state index is 0.00208. The molecule has 0 unspecified atom stereocenters. The van der Waals surface area contributed by atoms with E-state index in [1.807, 2.05) is 6.92 Å². The Hall–Kier alpha value is -2.22. The zero-order valence-corrected chi connectivity index (χ0v) is 17.9. The van der Waals surface area contributed by atoms with Crippen molar-refractivity contribution >= 4 is 15.9 Å². The lowest BCUT2D eigenvalue weighted by Crippen LogP contribution is -3.15. The highest BCUT2D eigenvalue weighted by Gasteiger charge is 2.31. The van der Waals surface area contributed by atoms with E-state index in [0.717, 1.165) is 16.9 Å². The summed E-state index contributed by atoms with van der Waals surface area (Å²) in [6.45, 7) is 6.57. The number of benzene rings is 2. The maximum atomic E-state index is 12.7. The van der Waals surface area contributed by atoms with Crippen LogP contribution in [0.5, 0.6) is 0 Å². The Morgan fingerprint density at radius 3 is 2.28 bits per heavy atom. The Morgan fingerprint density at radius 2 is 1.69 bits per heavy atom. The zero-order chi connectivity index (χ0) is 20.9. The zero-order valence-electron chi connectivity index (χ0n) is 17.1. The van der Waals surface area contributed by atoms with Crippen LogP contribution in [0.15, 0.2) is 59.5 Å². The standard InChI is InChI=1S/C22H29N3O3S/c1-3-21(19-11-9-18(2)10-12-19)23-22(26)17-24-13-15-25(16-14-24)29(27,28)20-7-5-4-6-8-20/h4-12,21H,3,13-17H2,1-2H3,(H,23,26)/p+1/t21-/m1/s1. The predicted molar refractivity (Wildman–Crippen MR) is 113 cm³/mol. The summed E-state index contributed by atoms with van der Waals surface area (Å²) in [5.41, 5.74) is 2.31. The van der Waals surface area contributed by atoms with Crippen molar-refractivity contribution in [3.63, 3.8) is 0 Å². The average molecular weight is 417 g/mol. The first-order valence-corrected chi connectivity index (χ1v) is 11.6. The lowest BCUT2D eigenvalue weighted by atomic mass is 10.0. The first-order chi connectivity index (χ1) is 13.9. The molecule has 3 rings (SSSR count). The second-order valence-electron chi connectivity index (χ2n) is 7.58. The van der Waals surface area contributed by atoms with Gasteiger partial charge in [0, 0.05) is 0 Å². The summed E-state index contributed by atoms with van der Waals surface area (Å²) in [5.74, 6) is 0.00629. The third-order valence-corrected chi connectivity index (χ3v) is 7.36. The molecule has 1 amide bonds. The first kappa shape index (κ1) is 21.5. The Kier molecular flexibility index (Phi) is 7.05. The van der Waals surface area contributed by atoms with Gasteiger partial charge in [0.25, 0.3) is 5.91 Å². The Morgan fingerprint density at radius 1 is 1.07 bits per heavy atom. The molecule has 1 atom stereocenters. The van der Waals surface area contributed by atoms with Crippen molar-refractivity contribution in [2.45, 2.75) is 31.2 Å². The van der Waals surface area contributed by atoms with E-state index < -0.39 is 10.0 Å². The summed E-state index contributed by atoms with van der Waals surface area (Å²) < 4.78 is 27.0. The van der Waals surface area contributed by atoms with Gasteiger partial charge in [0.15, 0.2) is 6.54 Å². The largest absolute Gasteiger partial charge is 0.344 e. The van der Waals surface area contributed by atoms with Crippen LogP contribution in [0.2, 0.25) is 0 Å². The number of nitrogens with zero attached hydrogens (tertiary/aromatic N) is 1. The monoisotopic (exact) mass is 416 g/mol. The molecule has 2 N–H and O–H groups in total. The van der Waals surface area contributed by atoms with Gasteiger partial charge in [-0.1, -0.05) is 55.0 Å². The number of rotatable bonds is 7. The molecule has 0 bridgehead atoms. The Balaban J connectivity index is 1.52. The van der Waals surface area contributed by atoms with Gasteiger partial charge in [-0.05, 0) is 31.0 Å². The van der Waals surface area contributed by atoms with Gasteiger partial charge >= 0.3 is 0 Å². The van der Waals surface area contributed by atoms with Crippen molar-refractivity contribution in [3.05, 3.63) is 65.7 Å². The number of sulfonamides is 1. The smallest absolute Gasteiger partial charge is 0.275 e. The summed E-state index contributed by atoms with van der Waals surface area (Å²) in [7, 11) is -3.46. The molecule has 6 nitrogen and oxygen atoms in total. The molecule has 2 aromatic rings. The molecule has 1 saturated heterocycles. The van der Waals surface area contributed by atoms with Gasteiger partial charge in [-0.3, -0.25) is 4.79 Å². The second kappa shape index (κ2) is 9.52. The van der Waals surface area contributed by atoms with E-state index in [0.29, 0.717) is 37.6 Å². The van der Waals surface area contributed by atoms with E-state index in [4.69, 9.17) is 0 Å². The fraction of sp³-hybridized carbons (Fsp3) is 0.409. The maximum Gasteiger partial charge on any atom is 0.275 e. The predicted octanol–water partition coefficient (Wildman–Crippen LogP) is 1.15. The molecule has 7 heteroatoms. The fourth-order valence-corrected chi connectivity index (χ4v) is 5.12. The van der Waals surface area contributed by atoms with E-state index in [-0.39, 0.29) is 11.9 Å². The quantitative estimate of drug-likeness (QED) is 0.711. The number of amides is 1. The molecule has 0 saturated carbocycles. The lowest BCUT2D eigenvalue weighted by Gasteiger charge is -2.31. The van der Waals surface area contributed by atoms with Crippen molar-refractivity contribution in [1.29, 1.82) is 0 Å². The van der Waals surface area contributed by atoms with Crippen LogP contribution in [0.4, 0.5) is 0 Å². The number of hydrogen-bond acceptors (Lipinski definition) is 3. The topological polar surface area (TPSA) is 70.9 Å². The third-order valence-electron chi connectivity index (χ3n) is 5.44. The van der Waals surface area contributed by atoms with E-state index in [1.54, 1.807) is 30.3 Å². The summed E-state index contributed by atoms with van der Waals surface area (Å²) in [4.78, 5) is 14.0. The molecule has 0 spiro atoms. The molecule has 1 aliphatic rings. The normalized spacial score (nSPS) is 17.0. The Bertz CT molecular complexity index is 906. The van der Waals surface area contributed by atoms with E-state index >= 15 is 0 Å². The molecule has 1 fully saturated rings. The minimum atomic E-state index is -3.46. The van der Waals surface area contributed by atoms with E-state index in [2.05, 4.69) is 36.5 Å². The van der Waals surface area contributed by atoms with Crippen LogP contribution in [0.25, 0.3) is 0 Å². The third kappa shape index (κ3) is 5.44. The number of quaternary nitrogens is 1. The molecule has 0 radical (unpaired) electrons. The molecule has 2 aromatic carbocycles. The van der Waals surface area contributed by atoms with Crippen molar-refractivity contribution in [1.82, 2.24) is 9.62 Å². The highest BCUT2D eigenvalue weighted by atomic mass is 32.2. The SMILES string of the molecule is CC[C@@H](NC(=O)C[NH+]1CCN(S(=O)(=O)c2ccccc2)CC1)c1ccc(C)cc1. The highest BCUT2D eigenvalue weighted by Crippen LogP contribution is 2.17. The van der Waals surface area contributed by atoms with Gasteiger partial charge < -0.3 is 10.2 Å². The van der Waals surface area contributed by atoms with Gasteiger partial charge in [0.05, 0.1) is 37.1 Å². The van der Waals surface area contributed by atoms with Crippen LogP contribution in [0.3, 0.4) is 0 Å².